The highest BCUT2D eigenvalue weighted by molar-refractivity contribution is 5.72. The third kappa shape index (κ3) is 2.93. The van der Waals surface area contributed by atoms with Gasteiger partial charge in [0.05, 0.1) is 0 Å². The lowest BCUT2D eigenvalue weighted by atomic mass is 10.1. The minimum absolute atomic E-state index is 0.153. The van der Waals surface area contributed by atoms with E-state index in [1.807, 2.05) is 0 Å². The van der Waals surface area contributed by atoms with Crippen LogP contribution in [0.4, 0.5) is 4.39 Å². The van der Waals surface area contributed by atoms with Crippen molar-refractivity contribution in [1.29, 1.82) is 0 Å². The van der Waals surface area contributed by atoms with Crippen LogP contribution in [-0.2, 0) is 4.79 Å². The van der Waals surface area contributed by atoms with Gasteiger partial charge in [-0.25, -0.2) is 4.39 Å². The summed E-state index contributed by atoms with van der Waals surface area (Å²) in [5.41, 5.74) is 0.325. The van der Waals surface area contributed by atoms with Crippen molar-refractivity contribution in [2.24, 2.45) is 0 Å². The minimum Gasteiger partial charge on any atom is -0.508 e. The number of halogens is 1. The molecule has 0 aliphatic heterocycles. The Morgan fingerprint density at radius 3 is 2.56 bits per heavy atom. The van der Waals surface area contributed by atoms with Crippen LogP contribution in [0.15, 0.2) is 18.2 Å². The number of carboxylic acids is 1. The molecule has 2 unspecified atom stereocenters. The molecule has 88 valence electrons. The normalized spacial score (nSPS) is 14.4. The van der Waals surface area contributed by atoms with E-state index in [1.54, 1.807) is 6.92 Å². The molecule has 4 nitrogen and oxygen atoms in total. The van der Waals surface area contributed by atoms with E-state index < -0.39 is 23.9 Å². The molecule has 0 aromatic heterocycles. The van der Waals surface area contributed by atoms with E-state index >= 15 is 0 Å². The fraction of sp³-hybridized carbons (Fsp3) is 0.364. The first kappa shape index (κ1) is 12.4. The molecule has 0 radical (unpaired) electrons. The van der Waals surface area contributed by atoms with Gasteiger partial charge < -0.3 is 10.2 Å². The Hall–Kier alpha value is -1.62. The van der Waals surface area contributed by atoms with Crippen LogP contribution in [-0.4, -0.2) is 22.2 Å². The second kappa shape index (κ2) is 4.94. The second-order valence-corrected chi connectivity index (χ2v) is 3.65. The summed E-state index contributed by atoms with van der Waals surface area (Å²) in [6.07, 6.45) is 0. The average molecular weight is 227 g/mol. The Labute approximate surface area is 92.7 Å². The number of nitrogens with one attached hydrogen (secondary N) is 1. The summed E-state index contributed by atoms with van der Waals surface area (Å²) in [5.74, 6) is -1.71. The Morgan fingerprint density at radius 2 is 2.06 bits per heavy atom. The van der Waals surface area contributed by atoms with Crippen molar-refractivity contribution in [2.45, 2.75) is 25.9 Å². The summed E-state index contributed by atoms with van der Waals surface area (Å²) >= 11 is 0. The van der Waals surface area contributed by atoms with Crippen LogP contribution in [0.2, 0.25) is 0 Å². The molecule has 0 bridgehead atoms. The van der Waals surface area contributed by atoms with Crippen LogP contribution in [0.3, 0.4) is 0 Å². The summed E-state index contributed by atoms with van der Waals surface area (Å²) < 4.78 is 13.4. The number of aliphatic carboxylic acids is 1. The number of aromatic hydroxyl groups is 1. The molecule has 0 fully saturated rings. The molecule has 0 heterocycles. The van der Waals surface area contributed by atoms with E-state index in [0.29, 0.717) is 5.56 Å². The SMILES string of the molecule is CC(NC(C)c1ccc(O)cc1F)C(=O)O. The summed E-state index contributed by atoms with van der Waals surface area (Å²) in [6, 6.07) is 2.59. The molecule has 0 saturated carbocycles. The first-order valence-corrected chi connectivity index (χ1v) is 4.89. The number of carboxylic acid groups (broad SMARTS) is 1. The number of carbonyl (C=O) groups is 1. The van der Waals surface area contributed by atoms with Crippen molar-refractivity contribution in [1.82, 2.24) is 5.32 Å². The summed E-state index contributed by atoms with van der Waals surface area (Å²) in [4.78, 5) is 10.6. The van der Waals surface area contributed by atoms with Crippen LogP contribution in [0, 0.1) is 5.82 Å². The number of rotatable bonds is 4. The largest absolute Gasteiger partial charge is 0.508 e. The summed E-state index contributed by atoms with van der Waals surface area (Å²) in [5, 5.41) is 20.5. The summed E-state index contributed by atoms with van der Waals surface area (Å²) in [7, 11) is 0. The molecule has 3 N–H and O–H groups in total. The van der Waals surface area contributed by atoms with Crippen molar-refractivity contribution >= 4 is 5.97 Å². The van der Waals surface area contributed by atoms with E-state index in [-0.39, 0.29) is 5.75 Å². The molecule has 0 aliphatic rings. The maximum absolute atomic E-state index is 13.4. The standard InChI is InChI=1S/C11H14FNO3/c1-6(13-7(2)11(15)16)9-4-3-8(14)5-10(9)12/h3-7,13-14H,1-2H3,(H,15,16). The lowest BCUT2D eigenvalue weighted by Gasteiger charge is -2.18. The van der Waals surface area contributed by atoms with E-state index in [4.69, 9.17) is 10.2 Å². The Kier molecular flexibility index (Phi) is 3.84. The number of phenols is 1. The Bertz CT molecular complexity index is 395. The van der Waals surface area contributed by atoms with Crippen molar-refractivity contribution in [3.63, 3.8) is 0 Å². The fourth-order valence-corrected chi connectivity index (χ4v) is 1.40. The van der Waals surface area contributed by atoms with Gasteiger partial charge in [-0.3, -0.25) is 10.1 Å². The van der Waals surface area contributed by atoms with Gasteiger partial charge in [-0.2, -0.15) is 0 Å². The van der Waals surface area contributed by atoms with Gasteiger partial charge in [-0.1, -0.05) is 6.07 Å². The zero-order valence-electron chi connectivity index (χ0n) is 9.07. The van der Waals surface area contributed by atoms with Gasteiger partial charge >= 0.3 is 5.97 Å². The van der Waals surface area contributed by atoms with Gasteiger partial charge in [-0.15, -0.1) is 0 Å². The maximum Gasteiger partial charge on any atom is 0.320 e. The van der Waals surface area contributed by atoms with E-state index in [2.05, 4.69) is 5.32 Å². The van der Waals surface area contributed by atoms with Crippen LogP contribution >= 0.6 is 0 Å². The van der Waals surface area contributed by atoms with Gasteiger partial charge in [0.25, 0.3) is 0 Å². The fourth-order valence-electron chi connectivity index (χ4n) is 1.40. The molecule has 1 rings (SSSR count). The third-order valence-corrected chi connectivity index (χ3v) is 2.32. The molecule has 1 aromatic rings. The molecule has 1 aromatic carbocycles. The predicted molar refractivity (Wildman–Crippen MR) is 56.7 cm³/mol. The smallest absolute Gasteiger partial charge is 0.320 e. The van der Waals surface area contributed by atoms with E-state index in [0.717, 1.165) is 6.07 Å². The second-order valence-electron chi connectivity index (χ2n) is 3.65. The molecule has 0 spiro atoms. The van der Waals surface area contributed by atoms with Gasteiger partial charge in [-0.05, 0) is 19.9 Å². The monoisotopic (exact) mass is 227 g/mol. The number of phenolic OH excluding ortho intramolecular Hbond substituents is 1. The molecule has 0 aliphatic carbocycles. The van der Waals surface area contributed by atoms with Gasteiger partial charge in [0.1, 0.15) is 17.6 Å². The molecule has 0 amide bonds. The van der Waals surface area contributed by atoms with Crippen LogP contribution < -0.4 is 5.32 Å². The van der Waals surface area contributed by atoms with Gasteiger partial charge in [0.2, 0.25) is 0 Å². The number of hydrogen-bond donors (Lipinski definition) is 3. The van der Waals surface area contributed by atoms with Gasteiger partial charge in [0, 0.05) is 17.7 Å². The number of benzene rings is 1. The minimum atomic E-state index is -0.994. The highest BCUT2D eigenvalue weighted by atomic mass is 19.1. The Balaban J connectivity index is 2.80. The van der Waals surface area contributed by atoms with E-state index in [1.165, 1.54) is 19.1 Å². The van der Waals surface area contributed by atoms with Crippen LogP contribution in [0.5, 0.6) is 5.75 Å². The average Bonchev–Trinajstić information content (AvgIpc) is 2.16. The highest BCUT2D eigenvalue weighted by Gasteiger charge is 2.17. The van der Waals surface area contributed by atoms with E-state index in [9.17, 15) is 9.18 Å². The van der Waals surface area contributed by atoms with Crippen molar-refractivity contribution in [2.75, 3.05) is 0 Å². The third-order valence-electron chi connectivity index (χ3n) is 2.32. The lowest BCUT2D eigenvalue weighted by Crippen LogP contribution is -2.35. The summed E-state index contributed by atoms with van der Waals surface area (Å²) in [6.45, 7) is 3.14. The van der Waals surface area contributed by atoms with Crippen LogP contribution in [0.1, 0.15) is 25.5 Å². The molecule has 16 heavy (non-hydrogen) atoms. The first-order valence-electron chi connectivity index (χ1n) is 4.89. The van der Waals surface area contributed by atoms with Gasteiger partial charge in [0.15, 0.2) is 0 Å². The molecular weight excluding hydrogens is 213 g/mol. The first-order chi connectivity index (χ1) is 7.41. The quantitative estimate of drug-likeness (QED) is 0.731. The Morgan fingerprint density at radius 1 is 1.44 bits per heavy atom. The van der Waals surface area contributed by atoms with Crippen molar-refractivity contribution in [3.8, 4) is 5.75 Å². The van der Waals surface area contributed by atoms with Crippen LogP contribution in [0.25, 0.3) is 0 Å². The topological polar surface area (TPSA) is 69.6 Å². The molecule has 5 heteroatoms. The zero-order valence-corrected chi connectivity index (χ0v) is 9.07. The predicted octanol–water partition coefficient (Wildman–Crippen LogP) is 1.65. The highest BCUT2D eigenvalue weighted by Crippen LogP contribution is 2.21. The molecule has 2 atom stereocenters. The number of hydrogen-bond acceptors (Lipinski definition) is 3. The molecule has 0 saturated heterocycles. The zero-order chi connectivity index (χ0) is 12.3. The maximum atomic E-state index is 13.4. The van der Waals surface area contributed by atoms with Crippen molar-refractivity contribution < 1.29 is 19.4 Å². The van der Waals surface area contributed by atoms with Crippen molar-refractivity contribution in [3.05, 3.63) is 29.6 Å². The molecular formula is C11H14FNO3. The lowest BCUT2D eigenvalue weighted by molar-refractivity contribution is -0.139.